The molecule has 0 N–H and O–H groups in total. The Bertz CT molecular complexity index is 1180. The van der Waals surface area contributed by atoms with Gasteiger partial charge >= 0.3 is 0 Å². The number of anilines is 1. The highest BCUT2D eigenvalue weighted by molar-refractivity contribution is 8.19. The van der Waals surface area contributed by atoms with Crippen LogP contribution in [-0.2, 0) is 17.6 Å². The van der Waals surface area contributed by atoms with E-state index in [9.17, 15) is 4.79 Å². The fraction of sp³-hybridized carbons (Fsp3) is 0.185. The largest absolute Gasteiger partial charge is 0.271 e. The highest BCUT2D eigenvalue weighted by atomic mass is 32.2. The minimum absolute atomic E-state index is 0.0300. The van der Waals surface area contributed by atoms with Gasteiger partial charge in [-0.15, -0.1) is 11.8 Å². The Morgan fingerprint density at radius 2 is 1.56 bits per heavy atom. The zero-order valence-electron chi connectivity index (χ0n) is 18.5. The van der Waals surface area contributed by atoms with Crippen LogP contribution in [0.25, 0.3) is 6.08 Å². The molecule has 0 atom stereocenters. The maximum absolute atomic E-state index is 13.6. The van der Waals surface area contributed by atoms with E-state index in [2.05, 4.69) is 56.5 Å². The maximum Gasteiger partial charge on any atom is 0.271 e. The number of nitrogens with zero attached hydrogens (tertiary/aromatic N) is 2. The second kappa shape index (κ2) is 10.2. The van der Waals surface area contributed by atoms with Crippen molar-refractivity contribution in [1.29, 1.82) is 0 Å². The fourth-order valence-electron chi connectivity index (χ4n) is 3.66. The quantitative estimate of drug-likeness (QED) is 0.286. The topological polar surface area (TPSA) is 32.7 Å². The van der Waals surface area contributed by atoms with Gasteiger partial charge in [-0.2, -0.15) is 0 Å². The summed E-state index contributed by atoms with van der Waals surface area (Å²) in [6, 6.07) is 24.5. The molecular formula is C27H26N2OS2. The van der Waals surface area contributed by atoms with E-state index in [1.54, 1.807) is 16.7 Å². The molecule has 5 heteroatoms. The van der Waals surface area contributed by atoms with Crippen LogP contribution in [0.5, 0.6) is 0 Å². The Labute approximate surface area is 198 Å². The molecule has 0 aromatic heterocycles. The van der Waals surface area contributed by atoms with E-state index in [1.165, 1.54) is 22.2 Å². The standard InChI is InChI=1S/C27H26N2OS2/c1-4-20-10-6-8-12-23(20)28-27-29(24-13-9-7-11-21(24)5-2)26(30)25(32-27)18-19-14-16-22(31-3)17-15-19/h6-18H,4-5H2,1-3H3/b25-18+,28-27?. The summed E-state index contributed by atoms with van der Waals surface area (Å²) in [5.41, 5.74) is 5.12. The van der Waals surface area contributed by atoms with E-state index < -0.39 is 0 Å². The van der Waals surface area contributed by atoms with Crippen LogP contribution in [0, 0.1) is 0 Å². The van der Waals surface area contributed by atoms with Crippen molar-refractivity contribution in [3.63, 3.8) is 0 Å². The molecule has 1 aliphatic heterocycles. The summed E-state index contributed by atoms with van der Waals surface area (Å²) in [6.07, 6.45) is 5.76. The molecule has 3 aromatic rings. The van der Waals surface area contributed by atoms with Gasteiger partial charge in [0.15, 0.2) is 5.17 Å². The van der Waals surface area contributed by atoms with E-state index >= 15 is 0 Å². The van der Waals surface area contributed by atoms with Crippen molar-refractivity contribution in [2.75, 3.05) is 11.2 Å². The number of carbonyl (C=O) groups is 1. The summed E-state index contributed by atoms with van der Waals surface area (Å²) >= 11 is 3.15. The second-order valence-electron chi connectivity index (χ2n) is 7.38. The summed E-state index contributed by atoms with van der Waals surface area (Å²) in [4.78, 5) is 22.2. The molecule has 0 aliphatic carbocycles. The maximum atomic E-state index is 13.6. The lowest BCUT2D eigenvalue weighted by Gasteiger charge is -2.19. The van der Waals surface area contributed by atoms with Gasteiger partial charge < -0.3 is 0 Å². The number of rotatable bonds is 6. The monoisotopic (exact) mass is 458 g/mol. The van der Waals surface area contributed by atoms with Crippen molar-refractivity contribution in [3.8, 4) is 0 Å². The molecule has 0 unspecified atom stereocenters. The van der Waals surface area contributed by atoms with Crippen LogP contribution < -0.4 is 4.90 Å². The van der Waals surface area contributed by atoms with E-state index in [0.29, 0.717) is 10.1 Å². The third kappa shape index (κ3) is 4.69. The minimum atomic E-state index is -0.0300. The van der Waals surface area contributed by atoms with Crippen molar-refractivity contribution in [3.05, 3.63) is 94.4 Å². The lowest BCUT2D eigenvalue weighted by atomic mass is 10.1. The number of aryl methyl sites for hydroxylation is 2. The molecule has 162 valence electrons. The van der Waals surface area contributed by atoms with Gasteiger partial charge in [0, 0.05) is 4.90 Å². The normalized spacial score (nSPS) is 16.3. The highest BCUT2D eigenvalue weighted by Gasteiger charge is 2.35. The average Bonchev–Trinajstić information content (AvgIpc) is 3.14. The molecule has 0 radical (unpaired) electrons. The van der Waals surface area contributed by atoms with E-state index in [4.69, 9.17) is 4.99 Å². The van der Waals surface area contributed by atoms with Crippen molar-refractivity contribution in [2.45, 2.75) is 31.6 Å². The first kappa shape index (κ1) is 22.4. The van der Waals surface area contributed by atoms with Gasteiger partial charge in [-0.1, -0.05) is 62.4 Å². The molecule has 0 spiro atoms. The zero-order chi connectivity index (χ0) is 22.5. The van der Waals surface area contributed by atoms with Gasteiger partial charge in [0.05, 0.1) is 16.3 Å². The molecule has 0 bridgehead atoms. The Kier molecular flexibility index (Phi) is 7.18. The van der Waals surface area contributed by atoms with Crippen LogP contribution in [0.15, 0.2) is 87.6 Å². The third-order valence-corrected chi connectivity index (χ3v) is 7.13. The van der Waals surface area contributed by atoms with Gasteiger partial charge in [0.2, 0.25) is 0 Å². The lowest BCUT2D eigenvalue weighted by molar-refractivity contribution is -0.113. The van der Waals surface area contributed by atoms with E-state index in [1.807, 2.05) is 42.5 Å². The van der Waals surface area contributed by atoms with Gasteiger partial charge in [0.25, 0.3) is 5.91 Å². The van der Waals surface area contributed by atoms with Gasteiger partial charge in [0.1, 0.15) is 0 Å². The fourth-order valence-corrected chi connectivity index (χ4v) is 5.06. The predicted molar refractivity (Wildman–Crippen MR) is 140 cm³/mol. The Morgan fingerprint density at radius 1 is 0.906 bits per heavy atom. The number of amides is 1. The first-order chi connectivity index (χ1) is 15.6. The molecule has 0 saturated carbocycles. The van der Waals surface area contributed by atoms with Crippen molar-refractivity contribution in [1.82, 2.24) is 0 Å². The first-order valence-electron chi connectivity index (χ1n) is 10.8. The van der Waals surface area contributed by atoms with Crippen LogP contribution in [0.1, 0.15) is 30.5 Å². The number of para-hydroxylation sites is 2. The number of carbonyl (C=O) groups excluding carboxylic acids is 1. The molecule has 3 aromatic carbocycles. The molecular weight excluding hydrogens is 432 g/mol. The molecule has 1 heterocycles. The molecule has 1 saturated heterocycles. The van der Waals surface area contributed by atoms with Crippen LogP contribution in [0.2, 0.25) is 0 Å². The number of amidine groups is 1. The van der Waals surface area contributed by atoms with Gasteiger partial charge in [-0.05, 0) is 77.9 Å². The van der Waals surface area contributed by atoms with E-state index in [0.717, 1.165) is 35.3 Å². The number of benzene rings is 3. The minimum Gasteiger partial charge on any atom is -0.268 e. The highest BCUT2D eigenvalue weighted by Crippen LogP contribution is 2.39. The first-order valence-corrected chi connectivity index (χ1v) is 12.8. The van der Waals surface area contributed by atoms with E-state index in [-0.39, 0.29) is 5.91 Å². The molecule has 32 heavy (non-hydrogen) atoms. The molecule has 4 rings (SSSR count). The number of hydrogen-bond donors (Lipinski definition) is 0. The SMILES string of the molecule is CCc1ccccc1N=C1S/C(=C/c2ccc(SC)cc2)C(=O)N1c1ccccc1CC. The lowest BCUT2D eigenvalue weighted by Crippen LogP contribution is -2.29. The van der Waals surface area contributed by atoms with Crippen LogP contribution >= 0.6 is 23.5 Å². The van der Waals surface area contributed by atoms with Crippen LogP contribution in [0.3, 0.4) is 0 Å². The third-order valence-electron chi connectivity index (χ3n) is 5.42. The van der Waals surface area contributed by atoms with Gasteiger partial charge in [-0.25, -0.2) is 4.99 Å². The number of hydrogen-bond acceptors (Lipinski definition) is 4. The van der Waals surface area contributed by atoms with Crippen molar-refractivity contribution < 1.29 is 4.79 Å². The van der Waals surface area contributed by atoms with Crippen molar-refractivity contribution >= 4 is 52.0 Å². The Balaban J connectivity index is 1.81. The second-order valence-corrected chi connectivity index (χ2v) is 9.27. The molecule has 1 amide bonds. The number of aliphatic imine (C=N–C) groups is 1. The van der Waals surface area contributed by atoms with Gasteiger partial charge in [-0.3, -0.25) is 9.69 Å². The Morgan fingerprint density at radius 3 is 2.25 bits per heavy atom. The summed E-state index contributed by atoms with van der Waals surface area (Å²) < 4.78 is 0. The predicted octanol–water partition coefficient (Wildman–Crippen LogP) is 7.34. The van der Waals surface area contributed by atoms with Crippen molar-refractivity contribution in [2.24, 2.45) is 4.99 Å². The summed E-state index contributed by atoms with van der Waals surface area (Å²) in [6.45, 7) is 4.24. The van der Waals surface area contributed by atoms with Crippen LogP contribution in [0.4, 0.5) is 11.4 Å². The van der Waals surface area contributed by atoms with Crippen LogP contribution in [-0.4, -0.2) is 17.3 Å². The average molecular weight is 459 g/mol. The molecule has 1 fully saturated rings. The smallest absolute Gasteiger partial charge is 0.268 e. The molecule has 3 nitrogen and oxygen atoms in total. The summed E-state index contributed by atoms with van der Waals surface area (Å²) in [5, 5.41) is 0.698. The molecule has 1 aliphatic rings. The Hall–Kier alpha value is -2.76. The zero-order valence-corrected chi connectivity index (χ0v) is 20.2. The number of thioether (sulfide) groups is 2. The summed E-state index contributed by atoms with van der Waals surface area (Å²) in [5.74, 6) is -0.0300. The summed E-state index contributed by atoms with van der Waals surface area (Å²) in [7, 11) is 0.